The Kier molecular flexibility index (Phi) is 5.59. The van der Waals surface area contributed by atoms with Crippen molar-refractivity contribution < 1.29 is 23.4 Å². The molecule has 1 aromatic carbocycles. The molecule has 0 saturated carbocycles. The van der Waals surface area contributed by atoms with E-state index in [0.717, 1.165) is 0 Å². The van der Waals surface area contributed by atoms with E-state index in [1.54, 1.807) is 0 Å². The number of rotatable bonds is 4. The molecule has 0 aliphatic carbocycles. The number of nitriles is 1. The average Bonchev–Trinajstić information content (AvgIpc) is 2.56. The average molecular weight is 397 g/mol. The summed E-state index contributed by atoms with van der Waals surface area (Å²) in [5.74, 6) is -2.00. The molecular weight excluding hydrogens is 383 g/mol. The Bertz CT molecular complexity index is 783. The number of hydrogen-bond donors (Lipinski definition) is 1. The van der Waals surface area contributed by atoms with Crippen LogP contribution >= 0.6 is 15.9 Å². The molecule has 0 aromatic heterocycles. The molecule has 1 aliphatic rings. The van der Waals surface area contributed by atoms with Crippen LogP contribution in [0, 0.1) is 17.1 Å². The van der Waals surface area contributed by atoms with Gasteiger partial charge in [-0.1, -0.05) is 6.07 Å². The molecule has 1 unspecified atom stereocenters. The topological polar surface area (TPSA) is 94.6 Å². The number of benzene rings is 1. The van der Waals surface area contributed by atoms with E-state index >= 15 is 0 Å². The highest BCUT2D eigenvalue weighted by Gasteiger charge is 2.37. The molecule has 0 radical (unpaired) electrons. The smallest absolute Gasteiger partial charge is 0.338 e. The molecule has 0 bridgehead atoms. The zero-order chi connectivity index (χ0) is 17.9. The Morgan fingerprint density at radius 1 is 1.50 bits per heavy atom. The number of nitrogens with zero attached hydrogens (tertiary/aromatic N) is 1. The maximum atomic E-state index is 13.5. The van der Waals surface area contributed by atoms with E-state index in [2.05, 4.69) is 15.9 Å². The van der Waals surface area contributed by atoms with Crippen LogP contribution in [-0.4, -0.2) is 26.8 Å². The van der Waals surface area contributed by atoms with Crippen molar-refractivity contribution in [2.24, 2.45) is 5.73 Å². The van der Waals surface area contributed by atoms with Gasteiger partial charge in [0.1, 0.15) is 29.8 Å². The summed E-state index contributed by atoms with van der Waals surface area (Å²) in [6, 6.07) is 6.11. The fourth-order valence-corrected chi connectivity index (χ4v) is 2.81. The van der Waals surface area contributed by atoms with Gasteiger partial charge >= 0.3 is 5.97 Å². The Hall–Kier alpha value is -2.37. The Morgan fingerprint density at radius 3 is 2.75 bits per heavy atom. The third kappa shape index (κ3) is 3.27. The summed E-state index contributed by atoms with van der Waals surface area (Å²) in [7, 11) is 2.64. The van der Waals surface area contributed by atoms with Crippen molar-refractivity contribution in [3.8, 4) is 6.07 Å². The molecule has 0 fully saturated rings. The number of hydrogen-bond acceptors (Lipinski definition) is 6. The highest BCUT2D eigenvalue weighted by molar-refractivity contribution is 9.10. The molecule has 8 heteroatoms. The van der Waals surface area contributed by atoms with Gasteiger partial charge < -0.3 is 19.9 Å². The van der Waals surface area contributed by atoms with E-state index in [4.69, 9.17) is 19.9 Å². The molecule has 0 spiro atoms. The van der Waals surface area contributed by atoms with Crippen molar-refractivity contribution >= 4 is 21.9 Å². The minimum Gasteiger partial charge on any atom is -0.466 e. The van der Waals surface area contributed by atoms with E-state index in [1.807, 2.05) is 6.07 Å². The second kappa shape index (κ2) is 7.47. The minimum absolute atomic E-state index is 0.0359. The molecule has 1 aromatic rings. The van der Waals surface area contributed by atoms with Gasteiger partial charge in [-0.05, 0) is 33.6 Å². The molecule has 1 aliphatic heterocycles. The van der Waals surface area contributed by atoms with E-state index in [1.165, 1.54) is 32.4 Å². The van der Waals surface area contributed by atoms with Crippen LogP contribution in [0.25, 0.3) is 0 Å². The van der Waals surface area contributed by atoms with E-state index < -0.39 is 17.7 Å². The lowest BCUT2D eigenvalue weighted by Crippen LogP contribution is -2.27. The standard InChI is InChI=1S/C16H14BrFN2O4/c1-22-7-12-14(16(21)23-2)13(9(6-19)15(20)24-12)8-3-4-11(18)10(17)5-8/h3-5,13H,7,20H2,1-2H3. The van der Waals surface area contributed by atoms with Crippen molar-refractivity contribution in [2.45, 2.75) is 5.92 Å². The van der Waals surface area contributed by atoms with Crippen LogP contribution in [-0.2, 0) is 19.0 Å². The zero-order valence-electron chi connectivity index (χ0n) is 12.9. The van der Waals surface area contributed by atoms with Gasteiger partial charge in [-0.15, -0.1) is 0 Å². The normalized spacial score (nSPS) is 17.4. The van der Waals surface area contributed by atoms with Gasteiger partial charge in [-0.2, -0.15) is 5.26 Å². The fraction of sp³-hybridized carbons (Fsp3) is 0.250. The van der Waals surface area contributed by atoms with Crippen LogP contribution in [0.5, 0.6) is 0 Å². The van der Waals surface area contributed by atoms with Crippen LogP contribution < -0.4 is 5.73 Å². The first-order chi connectivity index (χ1) is 11.4. The van der Waals surface area contributed by atoms with Crippen LogP contribution in [0.4, 0.5) is 4.39 Å². The highest BCUT2D eigenvalue weighted by atomic mass is 79.9. The van der Waals surface area contributed by atoms with Crippen LogP contribution in [0.3, 0.4) is 0 Å². The monoisotopic (exact) mass is 396 g/mol. The third-order valence-electron chi connectivity index (χ3n) is 3.45. The second-order valence-electron chi connectivity index (χ2n) is 4.86. The first-order valence-electron chi connectivity index (χ1n) is 6.77. The maximum absolute atomic E-state index is 13.5. The molecule has 2 N–H and O–H groups in total. The summed E-state index contributed by atoms with van der Waals surface area (Å²) in [5, 5.41) is 9.45. The number of halogens is 2. The van der Waals surface area contributed by atoms with Gasteiger partial charge in [-0.3, -0.25) is 0 Å². The van der Waals surface area contributed by atoms with Crippen LogP contribution in [0.1, 0.15) is 11.5 Å². The van der Waals surface area contributed by atoms with Crippen molar-refractivity contribution in [1.29, 1.82) is 5.26 Å². The lowest BCUT2D eigenvalue weighted by atomic mass is 9.83. The van der Waals surface area contributed by atoms with Gasteiger partial charge in [0.25, 0.3) is 0 Å². The fourth-order valence-electron chi connectivity index (χ4n) is 2.42. The van der Waals surface area contributed by atoms with Gasteiger partial charge in [0.15, 0.2) is 0 Å². The molecule has 24 heavy (non-hydrogen) atoms. The number of esters is 1. The lowest BCUT2D eigenvalue weighted by molar-refractivity contribution is -0.136. The summed E-state index contributed by atoms with van der Waals surface area (Å²) in [6.45, 7) is -0.0390. The highest BCUT2D eigenvalue weighted by Crippen LogP contribution is 2.40. The molecule has 1 heterocycles. The number of ether oxygens (including phenoxy) is 3. The molecule has 0 amide bonds. The number of nitrogens with two attached hydrogens (primary N) is 1. The number of methoxy groups -OCH3 is 2. The number of carbonyl (C=O) groups excluding carboxylic acids is 1. The van der Waals surface area contributed by atoms with Gasteiger partial charge in [0.05, 0.1) is 23.1 Å². The predicted octanol–water partition coefficient (Wildman–Crippen LogP) is 2.47. The minimum atomic E-state index is -0.849. The second-order valence-corrected chi connectivity index (χ2v) is 5.71. The first kappa shape index (κ1) is 18.0. The summed E-state index contributed by atoms with van der Waals surface area (Å²) in [4.78, 5) is 12.3. The van der Waals surface area contributed by atoms with Gasteiger partial charge in [0.2, 0.25) is 5.88 Å². The zero-order valence-corrected chi connectivity index (χ0v) is 14.5. The molecule has 0 saturated heterocycles. The lowest BCUT2D eigenvalue weighted by Gasteiger charge is -2.27. The van der Waals surface area contributed by atoms with Crippen molar-refractivity contribution in [3.05, 3.63) is 56.8 Å². The van der Waals surface area contributed by atoms with Crippen LogP contribution in [0.15, 0.2) is 45.5 Å². The number of carbonyl (C=O) groups is 1. The van der Waals surface area contributed by atoms with Crippen molar-refractivity contribution in [3.63, 3.8) is 0 Å². The molecular formula is C16H14BrFN2O4. The molecule has 1 atom stereocenters. The van der Waals surface area contributed by atoms with Crippen LogP contribution in [0.2, 0.25) is 0 Å². The SMILES string of the molecule is COCC1=C(C(=O)OC)C(c2ccc(F)c(Br)c2)C(C#N)=C(N)O1. The van der Waals surface area contributed by atoms with E-state index in [-0.39, 0.29) is 33.9 Å². The summed E-state index contributed by atoms with van der Waals surface area (Å²) < 4.78 is 29.0. The maximum Gasteiger partial charge on any atom is 0.338 e. The predicted molar refractivity (Wildman–Crippen MR) is 85.7 cm³/mol. The Labute approximate surface area is 146 Å². The van der Waals surface area contributed by atoms with Crippen molar-refractivity contribution in [1.82, 2.24) is 0 Å². The van der Waals surface area contributed by atoms with Crippen molar-refractivity contribution in [2.75, 3.05) is 20.8 Å². The Morgan fingerprint density at radius 2 is 2.21 bits per heavy atom. The summed E-state index contributed by atoms with van der Waals surface area (Å²) >= 11 is 3.10. The molecule has 126 valence electrons. The molecule has 2 rings (SSSR count). The first-order valence-corrected chi connectivity index (χ1v) is 7.56. The molecule has 6 nitrogen and oxygen atoms in total. The quantitative estimate of drug-likeness (QED) is 0.785. The third-order valence-corrected chi connectivity index (χ3v) is 4.06. The van der Waals surface area contributed by atoms with E-state index in [0.29, 0.717) is 5.56 Å². The Balaban J connectivity index is 2.70. The number of allylic oxidation sites excluding steroid dienone is 1. The van der Waals surface area contributed by atoms with Gasteiger partial charge in [0, 0.05) is 7.11 Å². The summed E-state index contributed by atoms with van der Waals surface area (Å²) in [5.41, 5.74) is 6.43. The largest absolute Gasteiger partial charge is 0.466 e. The summed E-state index contributed by atoms with van der Waals surface area (Å²) in [6.07, 6.45) is 0. The van der Waals surface area contributed by atoms with E-state index in [9.17, 15) is 14.4 Å². The van der Waals surface area contributed by atoms with Gasteiger partial charge in [-0.25, -0.2) is 9.18 Å².